The molecule has 0 aliphatic rings. The van der Waals surface area contributed by atoms with Crippen LogP contribution in [0.4, 0.5) is 5.69 Å². The van der Waals surface area contributed by atoms with Gasteiger partial charge in [0.2, 0.25) is 0 Å². The average Bonchev–Trinajstić information content (AvgIpc) is 3.39. The number of aryl methyl sites for hydroxylation is 2. The van der Waals surface area contributed by atoms with Gasteiger partial charge in [-0.2, -0.15) is 10.2 Å². The fourth-order valence-electron chi connectivity index (χ4n) is 3.37. The van der Waals surface area contributed by atoms with E-state index in [9.17, 15) is 13.5 Å². The molecule has 0 radical (unpaired) electrons. The van der Waals surface area contributed by atoms with Gasteiger partial charge >= 0.3 is 0 Å². The van der Waals surface area contributed by atoms with Crippen LogP contribution < -0.4 is 14.8 Å². The first-order valence-corrected chi connectivity index (χ1v) is 11.9. The van der Waals surface area contributed by atoms with Gasteiger partial charge in [-0.15, -0.1) is 0 Å². The Morgan fingerprint density at radius 1 is 1.24 bits per heavy atom. The average molecular weight is 471 g/mol. The molecule has 4 N–H and O–H groups in total. The Labute approximate surface area is 191 Å². The summed E-state index contributed by atoms with van der Waals surface area (Å²) in [5.41, 5.74) is 2.82. The highest BCUT2D eigenvalue weighted by atomic mass is 32.2. The second kappa shape index (κ2) is 9.61. The highest BCUT2D eigenvalue weighted by molar-refractivity contribution is 7.92. The summed E-state index contributed by atoms with van der Waals surface area (Å²) in [4.78, 5) is 0.0687. The Hall–Kier alpha value is -3.41. The number of aliphatic hydroxyl groups excluding tert-OH is 1. The zero-order valence-corrected chi connectivity index (χ0v) is 19.1. The third-order valence-electron chi connectivity index (χ3n) is 5.12. The van der Waals surface area contributed by atoms with Gasteiger partial charge in [0.25, 0.3) is 10.0 Å². The van der Waals surface area contributed by atoms with Gasteiger partial charge in [0.1, 0.15) is 17.3 Å². The lowest BCUT2D eigenvalue weighted by molar-refractivity contribution is 0.172. The fourth-order valence-corrected chi connectivity index (χ4v) is 4.41. The van der Waals surface area contributed by atoms with Gasteiger partial charge in [-0.05, 0) is 36.8 Å². The largest absolute Gasteiger partial charge is 0.492 e. The van der Waals surface area contributed by atoms with E-state index < -0.39 is 16.1 Å². The minimum Gasteiger partial charge on any atom is -0.492 e. The summed E-state index contributed by atoms with van der Waals surface area (Å²) in [5, 5.41) is 25.8. The molecule has 0 saturated heterocycles. The molecule has 0 saturated carbocycles. The number of rotatable bonds is 10. The minimum atomic E-state index is -3.75. The van der Waals surface area contributed by atoms with Crippen molar-refractivity contribution in [2.75, 3.05) is 24.4 Å². The molecule has 4 rings (SSSR count). The summed E-state index contributed by atoms with van der Waals surface area (Å²) < 4.78 is 34.6. The minimum absolute atomic E-state index is 0.0687. The predicted octanol–water partition coefficient (Wildman–Crippen LogP) is 2.11. The first kappa shape index (κ1) is 22.8. The van der Waals surface area contributed by atoms with E-state index >= 15 is 0 Å². The monoisotopic (exact) mass is 470 g/mol. The van der Waals surface area contributed by atoms with Crippen LogP contribution in [-0.2, 0) is 17.1 Å². The van der Waals surface area contributed by atoms with Crippen molar-refractivity contribution in [1.29, 1.82) is 0 Å². The summed E-state index contributed by atoms with van der Waals surface area (Å²) in [6, 6.07) is 12.4. The smallest absolute Gasteiger partial charge is 0.265 e. The highest BCUT2D eigenvalue weighted by Gasteiger charge is 2.17. The molecule has 0 bridgehead atoms. The normalized spacial score (nSPS) is 12.7. The van der Waals surface area contributed by atoms with Gasteiger partial charge in [0, 0.05) is 49.2 Å². The molecule has 2 aromatic heterocycles. The lowest BCUT2D eigenvalue weighted by Crippen LogP contribution is -2.26. The number of benzene rings is 2. The zero-order chi connectivity index (χ0) is 23.4. The van der Waals surface area contributed by atoms with Crippen molar-refractivity contribution in [3.63, 3.8) is 0 Å². The molecule has 0 aliphatic carbocycles. The molecule has 10 nitrogen and oxygen atoms in total. The van der Waals surface area contributed by atoms with Crippen molar-refractivity contribution < 1.29 is 18.3 Å². The topological polar surface area (TPSA) is 134 Å². The van der Waals surface area contributed by atoms with Gasteiger partial charge in [-0.3, -0.25) is 14.5 Å². The lowest BCUT2D eigenvalue weighted by atomic mass is 10.1. The highest BCUT2D eigenvalue weighted by Crippen LogP contribution is 2.22. The quantitative estimate of drug-likeness (QED) is 0.261. The van der Waals surface area contributed by atoms with Crippen LogP contribution in [0.5, 0.6) is 5.75 Å². The van der Waals surface area contributed by atoms with Crippen LogP contribution in [0.15, 0.2) is 59.8 Å². The number of aromatic amines is 1. The molecule has 0 fully saturated rings. The Morgan fingerprint density at radius 2 is 2.09 bits per heavy atom. The van der Waals surface area contributed by atoms with Gasteiger partial charge in [-0.1, -0.05) is 12.1 Å². The van der Waals surface area contributed by atoms with Crippen molar-refractivity contribution in [2.24, 2.45) is 7.05 Å². The van der Waals surface area contributed by atoms with E-state index in [2.05, 4.69) is 25.3 Å². The van der Waals surface area contributed by atoms with Crippen molar-refractivity contribution in [3.05, 3.63) is 66.1 Å². The van der Waals surface area contributed by atoms with Crippen LogP contribution in [-0.4, -0.2) is 53.2 Å². The number of aromatic nitrogens is 4. The summed E-state index contributed by atoms with van der Waals surface area (Å²) >= 11 is 0. The van der Waals surface area contributed by atoms with Crippen LogP contribution in [0.3, 0.4) is 0 Å². The fraction of sp³-hybridized carbons (Fsp3) is 0.273. The van der Waals surface area contributed by atoms with E-state index in [4.69, 9.17) is 4.74 Å². The maximum absolute atomic E-state index is 12.5. The Kier molecular flexibility index (Phi) is 6.63. The number of hydrogen-bond acceptors (Lipinski definition) is 7. The molecule has 1 atom stereocenters. The summed E-state index contributed by atoms with van der Waals surface area (Å²) in [7, 11) is -2.11. The van der Waals surface area contributed by atoms with E-state index in [1.54, 1.807) is 31.3 Å². The summed E-state index contributed by atoms with van der Waals surface area (Å²) in [6.07, 6.45) is 1.89. The summed E-state index contributed by atoms with van der Waals surface area (Å²) in [6.45, 7) is 3.21. The number of anilines is 1. The van der Waals surface area contributed by atoms with Crippen LogP contribution in [0.2, 0.25) is 0 Å². The van der Waals surface area contributed by atoms with Gasteiger partial charge in [0.15, 0.2) is 0 Å². The molecule has 0 spiro atoms. The molecule has 0 aliphatic heterocycles. The lowest BCUT2D eigenvalue weighted by Gasteiger charge is -2.14. The number of H-pyrrole nitrogens is 1. The van der Waals surface area contributed by atoms with E-state index in [1.807, 2.05) is 25.1 Å². The SMILES string of the molecule is Cc1[nH]nc2cc(OCCNC[C@H](O)c3cccc(NS(=O)(=O)c4cnn(C)c4)c3)ccc12. The molecule has 0 unspecified atom stereocenters. The van der Waals surface area contributed by atoms with E-state index in [0.717, 1.165) is 22.3 Å². The molecular formula is C22H26N6O4S. The predicted molar refractivity (Wildman–Crippen MR) is 125 cm³/mol. The van der Waals surface area contributed by atoms with Crippen LogP contribution in [0.25, 0.3) is 10.9 Å². The first-order chi connectivity index (χ1) is 15.8. The van der Waals surface area contributed by atoms with E-state index in [1.165, 1.54) is 17.1 Å². The number of nitrogens with one attached hydrogen (secondary N) is 3. The molecule has 2 aromatic carbocycles. The van der Waals surface area contributed by atoms with Gasteiger partial charge in [-0.25, -0.2) is 8.42 Å². The first-order valence-electron chi connectivity index (χ1n) is 10.4. The molecule has 174 valence electrons. The molecule has 33 heavy (non-hydrogen) atoms. The maximum atomic E-state index is 12.5. The van der Waals surface area contributed by atoms with E-state index in [0.29, 0.717) is 30.9 Å². The Balaban J connectivity index is 1.26. The molecule has 4 aromatic rings. The second-order valence-corrected chi connectivity index (χ2v) is 9.36. The standard InChI is InChI=1S/C22H26N6O4S/c1-15-20-7-6-18(11-21(20)26-25-15)32-9-8-23-13-22(29)16-4-3-5-17(10-16)27-33(30,31)19-12-24-28(2)14-19/h3-7,10-12,14,22-23,27,29H,8-9,13H2,1-2H3,(H,25,26)/t22-/m0/s1. The number of sulfonamides is 1. The van der Waals surface area contributed by atoms with Gasteiger partial charge < -0.3 is 15.2 Å². The zero-order valence-electron chi connectivity index (χ0n) is 18.3. The number of aliphatic hydroxyl groups is 1. The van der Waals surface area contributed by atoms with Crippen LogP contribution in [0, 0.1) is 6.92 Å². The second-order valence-electron chi connectivity index (χ2n) is 7.68. The third kappa shape index (κ3) is 5.51. The number of ether oxygens (including phenoxy) is 1. The molecule has 0 amide bonds. The molecular weight excluding hydrogens is 444 g/mol. The number of nitrogens with zero attached hydrogens (tertiary/aromatic N) is 3. The Morgan fingerprint density at radius 3 is 2.88 bits per heavy atom. The van der Waals surface area contributed by atoms with Crippen molar-refractivity contribution in [3.8, 4) is 5.75 Å². The Bertz CT molecular complexity index is 1350. The van der Waals surface area contributed by atoms with Crippen molar-refractivity contribution in [1.82, 2.24) is 25.3 Å². The van der Waals surface area contributed by atoms with Crippen LogP contribution in [0.1, 0.15) is 17.4 Å². The van der Waals surface area contributed by atoms with Crippen LogP contribution >= 0.6 is 0 Å². The number of fused-ring (bicyclic) bond motifs is 1. The van der Waals surface area contributed by atoms with Gasteiger partial charge in [0.05, 0.1) is 17.8 Å². The number of hydrogen-bond donors (Lipinski definition) is 4. The molecule has 2 heterocycles. The third-order valence-corrected chi connectivity index (χ3v) is 6.45. The van der Waals surface area contributed by atoms with Crippen molar-refractivity contribution >= 4 is 26.6 Å². The van der Waals surface area contributed by atoms with Crippen molar-refractivity contribution in [2.45, 2.75) is 17.9 Å². The van der Waals surface area contributed by atoms with E-state index in [-0.39, 0.29) is 4.90 Å². The maximum Gasteiger partial charge on any atom is 0.265 e. The molecule has 11 heteroatoms. The summed E-state index contributed by atoms with van der Waals surface area (Å²) in [5.74, 6) is 0.727.